The molecule has 88 valence electrons. The van der Waals surface area contributed by atoms with Crippen molar-refractivity contribution < 1.29 is 4.74 Å². The van der Waals surface area contributed by atoms with Crippen molar-refractivity contribution in [2.24, 2.45) is 5.92 Å². The van der Waals surface area contributed by atoms with Gasteiger partial charge in [-0.2, -0.15) is 0 Å². The standard InChI is InChI=1S/C13H25NO/c1-10-5-4-6-14(9-10)13-7-11(2)15-12(3)8-13/h10-13H,4-9H2,1-3H3/t10-,11?,12?,13?/m1/s1. The molecule has 0 saturated carbocycles. The summed E-state index contributed by atoms with van der Waals surface area (Å²) in [5, 5.41) is 0. The van der Waals surface area contributed by atoms with E-state index < -0.39 is 0 Å². The minimum absolute atomic E-state index is 0.455. The predicted molar refractivity (Wildman–Crippen MR) is 63.0 cm³/mol. The first-order chi connectivity index (χ1) is 7.15. The molecule has 2 nitrogen and oxygen atoms in total. The van der Waals surface area contributed by atoms with Crippen LogP contribution < -0.4 is 0 Å². The van der Waals surface area contributed by atoms with Crippen molar-refractivity contribution in [3.63, 3.8) is 0 Å². The lowest BCUT2D eigenvalue weighted by molar-refractivity contribution is -0.0703. The fraction of sp³-hybridized carbons (Fsp3) is 1.00. The number of hydrogen-bond donors (Lipinski definition) is 0. The van der Waals surface area contributed by atoms with E-state index >= 15 is 0 Å². The summed E-state index contributed by atoms with van der Waals surface area (Å²) in [7, 11) is 0. The van der Waals surface area contributed by atoms with Crippen molar-refractivity contribution in [2.75, 3.05) is 13.1 Å². The topological polar surface area (TPSA) is 12.5 Å². The number of ether oxygens (including phenoxy) is 1. The molecule has 2 heterocycles. The molecule has 2 fully saturated rings. The fourth-order valence-corrected chi connectivity index (χ4v) is 3.23. The second-order valence-corrected chi connectivity index (χ2v) is 5.62. The molecule has 0 radical (unpaired) electrons. The van der Waals surface area contributed by atoms with E-state index in [0.717, 1.165) is 12.0 Å². The predicted octanol–water partition coefficient (Wildman–Crippen LogP) is 2.67. The quantitative estimate of drug-likeness (QED) is 0.661. The second kappa shape index (κ2) is 4.84. The molecule has 2 aliphatic rings. The van der Waals surface area contributed by atoms with Crippen molar-refractivity contribution >= 4 is 0 Å². The Labute approximate surface area is 94.0 Å². The largest absolute Gasteiger partial charge is 0.375 e. The highest BCUT2D eigenvalue weighted by molar-refractivity contribution is 4.84. The Bertz CT molecular complexity index is 197. The molecule has 15 heavy (non-hydrogen) atoms. The van der Waals surface area contributed by atoms with Gasteiger partial charge in [0.15, 0.2) is 0 Å². The molecule has 0 bridgehead atoms. The van der Waals surface area contributed by atoms with Gasteiger partial charge in [0.05, 0.1) is 12.2 Å². The van der Waals surface area contributed by atoms with Crippen LogP contribution in [-0.4, -0.2) is 36.2 Å². The van der Waals surface area contributed by atoms with Crippen LogP contribution in [0.4, 0.5) is 0 Å². The summed E-state index contributed by atoms with van der Waals surface area (Å²) in [6.07, 6.45) is 6.19. The van der Waals surface area contributed by atoms with Crippen LogP contribution in [0.2, 0.25) is 0 Å². The lowest BCUT2D eigenvalue weighted by Gasteiger charge is -2.42. The zero-order chi connectivity index (χ0) is 10.8. The summed E-state index contributed by atoms with van der Waals surface area (Å²) >= 11 is 0. The average Bonchev–Trinajstić information content (AvgIpc) is 2.16. The van der Waals surface area contributed by atoms with Crippen LogP contribution in [0.15, 0.2) is 0 Å². The SMILES string of the molecule is CC1CC(N2CCC[C@@H](C)C2)CC(C)O1. The Morgan fingerprint density at radius 2 is 1.73 bits per heavy atom. The summed E-state index contributed by atoms with van der Waals surface area (Å²) in [6.45, 7) is 9.45. The lowest BCUT2D eigenvalue weighted by Crippen LogP contribution is -2.47. The summed E-state index contributed by atoms with van der Waals surface area (Å²) in [6, 6.07) is 0.784. The number of hydrogen-bond acceptors (Lipinski definition) is 2. The highest BCUT2D eigenvalue weighted by Crippen LogP contribution is 2.27. The Hall–Kier alpha value is -0.0800. The Morgan fingerprint density at radius 3 is 2.33 bits per heavy atom. The van der Waals surface area contributed by atoms with E-state index in [9.17, 15) is 0 Å². The van der Waals surface area contributed by atoms with E-state index in [1.54, 1.807) is 0 Å². The van der Waals surface area contributed by atoms with Gasteiger partial charge in [0, 0.05) is 12.6 Å². The maximum Gasteiger partial charge on any atom is 0.0565 e. The van der Waals surface area contributed by atoms with E-state index in [4.69, 9.17) is 4.74 Å². The van der Waals surface area contributed by atoms with E-state index in [1.165, 1.54) is 38.8 Å². The molecule has 0 aliphatic carbocycles. The van der Waals surface area contributed by atoms with Gasteiger partial charge in [-0.25, -0.2) is 0 Å². The van der Waals surface area contributed by atoms with Gasteiger partial charge in [0.1, 0.15) is 0 Å². The molecule has 0 spiro atoms. The first kappa shape index (κ1) is 11.4. The van der Waals surface area contributed by atoms with Gasteiger partial charge in [-0.15, -0.1) is 0 Å². The fourth-order valence-electron chi connectivity index (χ4n) is 3.23. The highest BCUT2D eigenvalue weighted by atomic mass is 16.5. The van der Waals surface area contributed by atoms with E-state index in [0.29, 0.717) is 12.2 Å². The normalized spacial score (nSPS) is 44.2. The average molecular weight is 211 g/mol. The van der Waals surface area contributed by atoms with Crippen molar-refractivity contribution in [2.45, 2.75) is 64.7 Å². The third-order valence-electron chi connectivity index (χ3n) is 3.88. The molecule has 2 unspecified atom stereocenters. The highest BCUT2D eigenvalue weighted by Gasteiger charge is 2.30. The first-order valence-corrected chi connectivity index (χ1v) is 6.54. The van der Waals surface area contributed by atoms with Crippen LogP contribution >= 0.6 is 0 Å². The van der Waals surface area contributed by atoms with Gasteiger partial charge >= 0.3 is 0 Å². The van der Waals surface area contributed by atoms with Gasteiger partial charge in [0.25, 0.3) is 0 Å². The zero-order valence-corrected chi connectivity index (χ0v) is 10.4. The molecule has 2 aliphatic heterocycles. The summed E-state index contributed by atoms with van der Waals surface area (Å²) in [4.78, 5) is 2.71. The molecule has 0 amide bonds. The van der Waals surface area contributed by atoms with Crippen molar-refractivity contribution in [1.82, 2.24) is 4.90 Å². The zero-order valence-electron chi connectivity index (χ0n) is 10.4. The first-order valence-electron chi connectivity index (χ1n) is 6.54. The minimum Gasteiger partial charge on any atom is -0.375 e. The van der Waals surface area contributed by atoms with Crippen LogP contribution in [0.25, 0.3) is 0 Å². The van der Waals surface area contributed by atoms with Crippen LogP contribution in [0.1, 0.15) is 46.5 Å². The maximum absolute atomic E-state index is 5.81. The minimum atomic E-state index is 0.455. The van der Waals surface area contributed by atoms with E-state index in [1.807, 2.05) is 0 Å². The summed E-state index contributed by atoms with van der Waals surface area (Å²) in [5.74, 6) is 0.896. The van der Waals surface area contributed by atoms with Crippen LogP contribution in [-0.2, 0) is 4.74 Å². The maximum atomic E-state index is 5.81. The lowest BCUT2D eigenvalue weighted by atomic mass is 9.93. The number of nitrogens with zero attached hydrogens (tertiary/aromatic N) is 1. The molecule has 0 aromatic rings. The number of likely N-dealkylation sites (tertiary alicyclic amines) is 1. The van der Waals surface area contributed by atoms with Crippen molar-refractivity contribution in [3.05, 3.63) is 0 Å². The third kappa shape index (κ3) is 2.94. The monoisotopic (exact) mass is 211 g/mol. The Balaban J connectivity index is 1.91. The van der Waals surface area contributed by atoms with Gasteiger partial charge in [-0.05, 0) is 52.0 Å². The number of piperidine rings is 1. The second-order valence-electron chi connectivity index (χ2n) is 5.62. The number of rotatable bonds is 1. The molecule has 2 saturated heterocycles. The summed E-state index contributed by atoms with van der Waals surface area (Å²) < 4.78 is 5.81. The van der Waals surface area contributed by atoms with Gasteiger partial charge in [-0.3, -0.25) is 4.90 Å². The van der Waals surface area contributed by atoms with Crippen molar-refractivity contribution in [3.8, 4) is 0 Å². The smallest absolute Gasteiger partial charge is 0.0565 e. The van der Waals surface area contributed by atoms with Crippen LogP contribution in [0, 0.1) is 5.92 Å². The molecule has 3 atom stereocenters. The van der Waals surface area contributed by atoms with Gasteiger partial charge in [-0.1, -0.05) is 6.92 Å². The van der Waals surface area contributed by atoms with E-state index in [2.05, 4.69) is 25.7 Å². The third-order valence-corrected chi connectivity index (χ3v) is 3.88. The molecule has 2 heteroatoms. The summed E-state index contributed by atoms with van der Waals surface area (Å²) in [5.41, 5.74) is 0. The van der Waals surface area contributed by atoms with Gasteiger partial charge < -0.3 is 4.74 Å². The Morgan fingerprint density at radius 1 is 1.07 bits per heavy atom. The molecule has 0 aromatic carbocycles. The molecule has 0 N–H and O–H groups in total. The van der Waals surface area contributed by atoms with E-state index in [-0.39, 0.29) is 0 Å². The Kier molecular flexibility index (Phi) is 3.68. The molecular weight excluding hydrogens is 186 g/mol. The van der Waals surface area contributed by atoms with Crippen molar-refractivity contribution in [1.29, 1.82) is 0 Å². The molecule has 2 rings (SSSR count). The van der Waals surface area contributed by atoms with Crippen LogP contribution in [0.5, 0.6) is 0 Å². The molecule has 0 aromatic heterocycles. The molecular formula is C13H25NO. The van der Waals surface area contributed by atoms with Crippen LogP contribution in [0.3, 0.4) is 0 Å². The van der Waals surface area contributed by atoms with Gasteiger partial charge in [0.2, 0.25) is 0 Å².